The van der Waals surface area contributed by atoms with Crippen molar-refractivity contribution in [1.82, 2.24) is 0 Å². The van der Waals surface area contributed by atoms with Gasteiger partial charge < -0.3 is 9.80 Å². The number of fused-ring (bicyclic) bond motifs is 5. The van der Waals surface area contributed by atoms with Gasteiger partial charge in [0.1, 0.15) is 0 Å². The number of hydrogen-bond acceptors (Lipinski definition) is 2. The van der Waals surface area contributed by atoms with E-state index in [1.54, 1.807) is 0 Å². The molecular weight excluding hydrogens is 148 g/mol. The largest absolute Gasteiger partial charge is 0.350 e. The summed E-state index contributed by atoms with van der Waals surface area (Å²) >= 11 is 0. The predicted molar refractivity (Wildman–Crippen MR) is 50.7 cm³/mol. The lowest BCUT2D eigenvalue weighted by Crippen LogP contribution is -2.17. The van der Waals surface area contributed by atoms with Crippen LogP contribution in [-0.4, -0.2) is 19.8 Å². The summed E-state index contributed by atoms with van der Waals surface area (Å²) in [5.74, 6) is 0. The molecule has 1 aromatic carbocycles. The Hall–Kier alpha value is -1.18. The van der Waals surface area contributed by atoms with E-state index in [1.807, 2.05) is 0 Å². The highest BCUT2D eigenvalue weighted by atomic mass is 15.4. The zero-order chi connectivity index (χ0) is 8.13. The second kappa shape index (κ2) is 1.94. The molecule has 0 spiro atoms. The van der Waals surface area contributed by atoms with Crippen LogP contribution in [0.15, 0.2) is 18.2 Å². The summed E-state index contributed by atoms with van der Waals surface area (Å²) in [4.78, 5) is 4.89. The van der Waals surface area contributed by atoms with Crippen molar-refractivity contribution in [3.8, 4) is 0 Å². The zero-order valence-corrected chi connectivity index (χ0v) is 7.25. The molecule has 0 aromatic heterocycles. The highest BCUT2D eigenvalue weighted by Crippen LogP contribution is 2.39. The van der Waals surface area contributed by atoms with Crippen LogP contribution in [0.4, 0.5) is 11.4 Å². The molecule has 2 heteroatoms. The van der Waals surface area contributed by atoms with Crippen molar-refractivity contribution < 1.29 is 0 Å². The summed E-state index contributed by atoms with van der Waals surface area (Å²) in [5, 5.41) is 0. The molecule has 0 aliphatic carbocycles. The molecule has 2 heterocycles. The first kappa shape index (κ1) is 6.35. The van der Waals surface area contributed by atoms with Gasteiger partial charge in [0.05, 0.1) is 18.0 Å². The van der Waals surface area contributed by atoms with Gasteiger partial charge in [-0.25, -0.2) is 0 Å². The molecular formula is C10H12N2. The molecule has 2 nitrogen and oxygen atoms in total. The van der Waals surface area contributed by atoms with E-state index < -0.39 is 0 Å². The fraction of sp³-hybridized carbons (Fsp3) is 0.400. The van der Waals surface area contributed by atoms with Crippen molar-refractivity contribution in [2.75, 3.05) is 29.6 Å². The molecule has 62 valence electrons. The molecule has 0 radical (unpaired) electrons. The Bertz CT molecular complexity index is 333. The van der Waals surface area contributed by atoms with E-state index in [1.165, 1.54) is 30.0 Å². The van der Waals surface area contributed by atoms with E-state index in [-0.39, 0.29) is 0 Å². The standard InChI is InChI=1S/C10H12N2/c1-8-2-3-9-10(6-8)12-5-4-11(9)7-12/h2-3,6H,4-5,7H2,1H3. The zero-order valence-electron chi connectivity index (χ0n) is 7.25. The van der Waals surface area contributed by atoms with Crippen LogP contribution in [0.3, 0.4) is 0 Å². The van der Waals surface area contributed by atoms with Gasteiger partial charge in [-0.2, -0.15) is 0 Å². The number of rotatable bonds is 0. The van der Waals surface area contributed by atoms with Gasteiger partial charge in [0, 0.05) is 13.1 Å². The van der Waals surface area contributed by atoms with E-state index >= 15 is 0 Å². The molecule has 2 bridgehead atoms. The van der Waals surface area contributed by atoms with E-state index in [0.717, 1.165) is 6.67 Å². The van der Waals surface area contributed by atoms with Crippen molar-refractivity contribution in [2.45, 2.75) is 6.92 Å². The number of hydrogen-bond donors (Lipinski definition) is 0. The minimum Gasteiger partial charge on any atom is -0.350 e. The molecule has 1 fully saturated rings. The minimum absolute atomic E-state index is 1.11. The van der Waals surface area contributed by atoms with Gasteiger partial charge in [-0.1, -0.05) is 6.07 Å². The maximum Gasteiger partial charge on any atom is 0.0905 e. The van der Waals surface area contributed by atoms with E-state index in [9.17, 15) is 0 Å². The van der Waals surface area contributed by atoms with Gasteiger partial charge in [0.25, 0.3) is 0 Å². The van der Waals surface area contributed by atoms with Crippen molar-refractivity contribution in [2.24, 2.45) is 0 Å². The Labute approximate surface area is 72.4 Å². The van der Waals surface area contributed by atoms with Crippen LogP contribution in [0.5, 0.6) is 0 Å². The lowest BCUT2D eigenvalue weighted by Gasteiger charge is -2.18. The SMILES string of the molecule is Cc1ccc2c(c1)N1CCN2C1. The lowest BCUT2D eigenvalue weighted by molar-refractivity contribution is 0.988. The smallest absolute Gasteiger partial charge is 0.0905 e. The minimum atomic E-state index is 1.11. The van der Waals surface area contributed by atoms with Crippen molar-refractivity contribution in [3.63, 3.8) is 0 Å². The summed E-state index contributed by atoms with van der Waals surface area (Å²) in [5.41, 5.74) is 4.22. The molecule has 0 atom stereocenters. The number of anilines is 2. The summed E-state index contributed by atoms with van der Waals surface area (Å²) in [6.45, 7) is 5.67. The second-order valence-corrected chi connectivity index (χ2v) is 3.66. The average molecular weight is 160 g/mol. The molecule has 0 amide bonds. The molecule has 2 aliphatic rings. The second-order valence-electron chi connectivity index (χ2n) is 3.66. The van der Waals surface area contributed by atoms with Crippen LogP contribution in [0.1, 0.15) is 5.56 Å². The van der Waals surface area contributed by atoms with Crippen LogP contribution in [0.2, 0.25) is 0 Å². The fourth-order valence-electron chi connectivity index (χ4n) is 2.14. The van der Waals surface area contributed by atoms with Gasteiger partial charge in [0.2, 0.25) is 0 Å². The summed E-state index contributed by atoms with van der Waals surface area (Å²) < 4.78 is 0. The summed E-state index contributed by atoms with van der Waals surface area (Å²) in [7, 11) is 0. The molecule has 3 rings (SSSR count). The monoisotopic (exact) mass is 160 g/mol. The molecule has 1 saturated heterocycles. The first-order valence-corrected chi connectivity index (χ1v) is 4.45. The normalized spacial score (nSPS) is 18.8. The van der Waals surface area contributed by atoms with Crippen molar-refractivity contribution in [3.05, 3.63) is 23.8 Å². The molecule has 0 N–H and O–H groups in total. The third-order valence-electron chi connectivity index (χ3n) is 2.79. The quantitative estimate of drug-likeness (QED) is 0.568. The Kier molecular flexibility index (Phi) is 1.03. The maximum absolute atomic E-state index is 2.45. The highest BCUT2D eigenvalue weighted by molar-refractivity contribution is 5.79. The number of aryl methyl sites for hydroxylation is 1. The highest BCUT2D eigenvalue weighted by Gasteiger charge is 2.30. The number of benzene rings is 1. The fourth-order valence-corrected chi connectivity index (χ4v) is 2.14. The molecule has 2 aliphatic heterocycles. The Morgan fingerprint density at radius 3 is 2.67 bits per heavy atom. The van der Waals surface area contributed by atoms with Crippen LogP contribution < -0.4 is 9.80 Å². The predicted octanol–water partition coefficient (Wildman–Crippen LogP) is 1.59. The van der Waals surface area contributed by atoms with Crippen LogP contribution in [-0.2, 0) is 0 Å². The topological polar surface area (TPSA) is 6.48 Å². The molecule has 0 unspecified atom stereocenters. The third kappa shape index (κ3) is 0.649. The van der Waals surface area contributed by atoms with Crippen molar-refractivity contribution >= 4 is 11.4 Å². The lowest BCUT2D eigenvalue weighted by atomic mass is 10.1. The van der Waals surface area contributed by atoms with E-state index in [4.69, 9.17) is 0 Å². The third-order valence-corrected chi connectivity index (χ3v) is 2.79. The van der Waals surface area contributed by atoms with Crippen LogP contribution in [0, 0.1) is 6.92 Å². The molecule has 1 aromatic rings. The molecule has 0 saturated carbocycles. The van der Waals surface area contributed by atoms with Crippen molar-refractivity contribution in [1.29, 1.82) is 0 Å². The van der Waals surface area contributed by atoms with Crippen LogP contribution in [0.25, 0.3) is 0 Å². The number of nitrogens with zero attached hydrogens (tertiary/aromatic N) is 2. The Balaban J connectivity index is 2.20. The van der Waals surface area contributed by atoms with E-state index in [0.29, 0.717) is 0 Å². The van der Waals surface area contributed by atoms with Gasteiger partial charge in [-0.05, 0) is 24.6 Å². The summed E-state index contributed by atoms with van der Waals surface area (Å²) in [6, 6.07) is 6.72. The van der Waals surface area contributed by atoms with E-state index in [2.05, 4.69) is 34.9 Å². The Morgan fingerprint density at radius 1 is 1.08 bits per heavy atom. The summed E-state index contributed by atoms with van der Waals surface area (Å²) in [6.07, 6.45) is 0. The van der Waals surface area contributed by atoms with Gasteiger partial charge in [-0.15, -0.1) is 0 Å². The maximum atomic E-state index is 2.45. The van der Waals surface area contributed by atoms with Gasteiger partial charge in [0.15, 0.2) is 0 Å². The first-order valence-electron chi connectivity index (χ1n) is 4.45. The average Bonchev–Trinajstić information content (AvgIpc) is 2.63. The first-order chi connectivity index (χ1) is 5.84. The Morgan fingerprint density at radius 2 is 1.83 bits per heavy atom. The van der Waals surface area contributed by atoms with Crippen LogP contribution >= 0.6 is 0 Å². The van der Waals surface area contributed by atoms with Gasteiger partial charge >= 0.3 is 0 Å². The van der Waals surface area contributed by atoms with Gasteiger partial charge in [-0.3, -0.25) is 0 Å². The molecule has 12 heavy (non-hydrogen) atoms.